The molecule has 1 aliphatic heterocycles. The predicted octanol–water partition coefficient (Wildman–Crippen LogP) is 3.38. The van der Waals surface area contributed by atoms with E-state index in [0.717, 1.165) is 47.9 Å². The van der Waals surface area contributed by atoms with Gasteiger partial charge in [-0.05, 0) is 43.0 Å². The molecule has 6 heteroatoms. The molecule has 6 nitrogen and oxygen atoms in total. The summed E-state index contributed by atoms with van der Waals surface area (Å²) in [6, 6.07) is 14.6. The number of rotatable bonds is 8. The lowest BCUT2D eigenvalue weighted by molar-refractivity contribution is -0.128. The Morgan fingerprint density at radius 3 is 2.57 bits per heavy atom. The van der Waals surface area contributed by atoms with Crippen molar-refractivity contribution in [2.45, 2.75) is 46.3 Å². The van der Waals surface area contributed by atoms with Gasteiger partial charge in [-0.15, -0.1) is 0 Å². The van der Waals surface area contributed by atoms with E-state index in [0.29, 0.717) is 26.1 Å². The summed E-state index contributed by atoms with van der Waals surface area (Å²) in [5, 5.41) is 6.67. The normalized spacial score (nSPS) is 14.2. The number of nitrogens with zero attached hydrogens (tertiary/aromatic N) is 2. The summed E-state index contributed by atoms with van der Waals surface area (Å²) in [4.78, 5) is 18.4. The summed E-state index contributed by atoms with van der Waals surface area (Å²) in [7, 11) is 1.70. The van der Waals surface area contributed by atoms with Gasteiger partial charge in [0.2, 0.25) is 5.91 Å². The number of guanidine groups is 1. The second-order valence-electron chi connectivity index (χ2n) is 7.60. The van der Waals surface area contributed by atoms with Crippen molar-refractivity contribution in [1.29, 1.82) is 0 Å². The van der Waals surface area contributed by atoms with Crippen LogP contribution in [0.25, 0.3) is 0 Å². The fraction of sp³-hybridized carbons (Fsp3) is 0.417. The molecule has 1 fully saturated rings. The molecule has 0 unspecified atom stereocenters. The first-order valence-electron chi connectivity index (χ1n) is 10.6. The molecule has 30 heavy (non-hydrogen) atoms. The first-order chi connectivity index (χ1) is 14.6. The van der Waals surface area contributed by atoms with Gasteiger partial charge >= 0.3 is 0 Å². The molecule has 2 aromatic carbocycles. The van der Waals surface area contributed by atoms with Crippen molar-refractivity contribution in [3.05, 3.63) is 64.7 Å². The Kier molecular flexibility index (Phi) is 7.71. The zero-order chi connectivity index (χ0) is 21.3. The van der Waals surface area contributed by atoms with Crippen LogP contribution in [0.15, 0.2) is 47.5 Å². The van der Waals surface area contributed by atoms with Gasteiger partial charge in [-0.1, -0.05) is 36.4 Å². The number of hydrogen-bond donors (Lipinski definition) is 2. The monoisotopic (exact) mass is 408 g/mol. The summed E-state index contributed by atoms with van der Waals surface area (Å²) in [5.74, 6) is 1.91. The van der Waals surface area contributed by atoms with Crippen molar-refractivity contribution >= 4 is 11.9 Å². The third kappa shape index (κ3) is 5.99. The van der Waals surface area contributed by atoms with Crippen LogP contribution in [-0.4, -0.2) is 37.0 Å². The molecule has 0 bridgehead atoms. The Balaban J connectivity index is 1.58. The minimum absolute atomic E-state index is 0.259. The molecule has 1 amide bonds. The predicted molar refractivity (Wildman–Crippen MR) is 120 cm³/mol. The molecule has 160 valence electrons. The maximum Gasteiger partial charge on any atom is 0.222 e. The number of carbonyl (C=O) groups is 1. The van der Waals surface area contributed by atoms with E-state index in [4.69, 9.17) is 9.73 Å². The molecule has 1 saturated heterocycles. The maximum atomic E-state index is 11.8. The van der Waals surface area contributed by atoms with Crippen molar-refractivity contribution < 1.29 is 9.53 Å². The first kappa shape index (κ1) is 21.7. The van der Waals surface area contributed by atoms with E-state index in [1.807, 2.05) is 11.0 Å². The van der Waals surface area contributed by atoms with Gasteiger partial charge in [0.1, 0.15) is 5.75 Å². The van der Waals surface area contributed by atoms with Gasteiger partial charge in [-0.25, -0.2) is 4.99 Å². The summed E-state index contributed by atoms with van der Waals surface area (Å²) in [6.07, 6.45) is 1.65. The molecule has 2 aromatic rings. The van der Waals surface area contributed by atoms with Crippen molar-refractivity contribution in [2.75, 3.05) is 20.2 Å². The Hall–Kier alpha value is -3.02. The number of aliphatic imine (C=N–C) groups is 1. The number of amides is 1. The van der Waals surface area contributed by atoms with E-state index in [-0.39, 0.29) is 5.91 Å². The molecule has 1 heterocycles. The van der Waals surface area contributed by atoms with Crippen LogP contribution >= 0.6 is 0 Å². The summed E-state index contributed by atoms with van der Waals surface area (Å²) >= 11 is 0. The molecule has 0 spiro atoms. The average molecular weight is 409 g/mol. The van der Waals surface area contributed by atoms with E-state index >= 15 is 0 Å². The largest absolute Gasteiger partial charge is 0.496 e. The van der Waals surface area contributed by atoms with Crippen molar-refractivity contribution in [3.8, 4) is 5.75 Å². The Morgan fingerprint density at radius 1 is 1.13 bits per heavy atom. The van der Waals surface area contributed by atoms with Crippen LogP contribution in [0.3, 0.4) is 0 Å². The van der Waals surface area contributed by atoms with E-state index in [9.17, 15) is 4.79 Å². The molecule has 0 aliphatic carbocycles. The number of hydrogen-bond acceptors (Lipinski definition) is 3. The van der Waals surface area contributed by atoms with Crippen LogP contribution in [0.2, 0.25) is 0 Å². The lowest BCUT2D eigenvalue weighted by Crippen LogP contribution is -2.36. The number of nitrogens with one attached hydrogen (secondary N) is 2. The highest BCUT2D eigenvalue weighted by Gasteiger charge is 2.19. The number of likely N-dealkylation sites (tertiary alicyclic amines) is 1. The molecule has 1 aliphatic rings. The smallest absolute Gasteiger partial charge is 0.222 e. The maximum absolute atomic E-state index is 11.8. The van der Waals surface area contributed by atoms with Gasteiger partial charge in [-0.3, -0.25) is 4.79 Å². The Labute approximate surface area is 179 Å². The number of methoxy groups -OCH3 is 1. The molecule has 0 radical (unpaired) electrons. The van der Waals surface area contributed by atoms with Crippen LogP contribution in [-0.2, 0) is 24.4 Å². The van der Waals surface area contributed by atoms with Gasteiger partial charge in [0.05, 0.1) is 13.7 Å². The van der Waals surface area contributed by atoms with Crippen LogP contribution < -0.4 is 15.4 Å². The summed E-state index contributed by atoms with van der Waals surface area (Å²) in [6.45, 7) is 7.69. The highest BCUT2D eigenvalue weighted by Crippen LogP contribution is 2.19. The lowest BCUT2D eigenvalue weighted by Gasteiger charge is -2.15. The third-order valence-electron chi connectivity index (χ3n) is 5.22. The van der Waals surface area contributed by atoms with E-state index in [1.54, 1.807) is 7.11 Å². The lowest BCUT2D eigenvalue weighted by atomic mass is 10.1. The quantitative estimate of drug-likeness (QED) is 0.519. The second-order valence-corrected chi connectivity index (χ2v) is 7.60. The van der Waals surface area contributed by atoms with E-state index in [2.05, 4.69) is 60.9 Å². The minimum atomic E-state index is 0.259. The van der Waals surface area contributed by atoms with Gasteiger partial charge in [0.25, 0.3) is 0 Å². The van der Waals surface area contributed by atoms with E-state index in [1.165, 1.54) is 5.56 Å². The molecular weight excluding hydrogens is 376 g/mol. The first-order valence-corrected chi connectivity index (χ1v) is 10.6. The second kappa shape index (κ2) is 10.7. The number of benzene rings is 2. The summed E-state index contributed by atoms with van der Waals surface area (Å²) < 4.78 is 5.49. The van der Waals surface area contributed by atoms with Crippen LogP contribution in [0, 0.1) is 6.92 Å². The fourth-order valence-corrected chi connectivity index (χ4v) is 3.53. The third-order valence-corrected chi connectivity index (χ3v) is 5.22. The van der Waals surface area contributed by atoms with Gasteiger partial charge in [-0.2, -0.15) is 0 Å². The van der Waals surface area contributed by atoms with Gasteiger partial charge in [0, 0.05) is 38.2 Å². The fourth-order valence-electron chi connectivity index (χ4n) is 3.53. The van der Waals surface area contributed by atoms with Crippen molar-refractivity contribution in [1.82, 2.24) is 15.5 Å². The van der Waals surface area contributed by atoms with E-state index < -0.39 is 0 Å². The van der Waals surface area contributed by atoms with Gasteiger partial charge in [0.15, 0.2) is 5.96 Å². The van der Waals surface area contributed by atoms with Crippen molar-refractivity contribution in [2.24, 2.45) is 4.99 Å². The highest BCUT2D eigenvalue weighted by molar-refractivity contribution is 5.79. The molecule has 2 N–H and O–H groups in total. The molecular formula is C24H32N4O2. The average Bonchev–Trinajstić information content (AvgIpc) is 3.16. The Morgan fingerprint density at radius 2 is 1.90 bits per heavy atom. The SMILES string of the molecule is CCNC(=NCc1ccc(CN2CCCC2=O)cc1)NCc1ccc(C)cc1OC. The number of ether oxygens (including phenoxy) is 1. The van der Waals surface area contributed by atoms with Crippen molar-refractivity contribution in [3.63, 3.8) is 0 Å². The van der Waals surface area contributed by atoms with Crippen LogP contribution in [0.5, 0.6) is 5.75 Å². The standard InChI is InChI=1S/C24H32N4O2/c1-4-25-24(27-16-21-12-7-18(2)14-22(21)30-3)26-15-19-8-10-20(11-9-19)17-28-13-5-6-23(28)29/h7-12,14H,4-6,13,15-17H2,1-3H3,(H2,25,26,27). The topological polar surface area (TPSA) is 66.0 Å². The van der Waals surface area contributed by atoms with Crippen LogP contribution in [0.1, 0.15) is 42.0 Å². The summed E-state index contributed by atoms with van der Waals surface area (Å²) in [5.41, 5.74) is 4.56. The van der Waals surface area contributed by atoms with Gasteiger partial charge < -0.3 is 20.3 Å². The Bertz CT molecular complexity index is 877. The zero-order valence-corrected chi connectivity index (χ0v) is 18.2. The number of carbonyl (C=O) groups excluding carboxylic acids is 1. The minimum Gasteiger partial charge on any atom is -0.496 e. The molecule has 0 atom stereocenters. The molecule has 0 aromatic heterocycles. The van der Waals surface area contributed by atoms with Crippen LogP contribution in [0.4, 0.5) is 0 Å². The number of aryl methyl sites for hydroxylation is 1. The highest BCUT2D eigenvalue weighted by atomic mass is 16.5. The zero-order valence-electron chi connectivity index (χ0n) is 18.2. The molecule has 3 rings (SSSR count). The molecule has 0 saturated carbocycles.